The lowest BCUT2D eigenvalue weighted by Crippen LogP contribution is -2.29. The molecule has 0 unspecified atom stereocenters. The summed E-state index contributed by atoms with van der Waals surface area (Å²) in [5.74, 6) is 0.894. The maximum atomic E-state index is 12.7. The Morgan fingerprint density at radius 1 is 1.28 bits per heavy atom. The summed E-state index contributed by atoms with van der Waals surface area (Å²) >= 11 is 0. The van der Waals surface area contributed by atoms with Crippen LogP contribution in [0.2, 0.25) is 0 Å². The van der Waals surface area contributed by atoms with Gasteiger partial charge in [0.2, 0.25) is 11.8 Å². The fourth-order valence-electron chi connectivity index (χ4n) is 2.91. The summed E-state index contributed by atoms with van der Waals surface area (Å²) in [5, 5.41) is 15.8. The number of aromatic nitrogens is 4. The van der Waals surface area contributed by atoms with Gasteiger partial charge in [0.05, 0.1) is 5.39 Å². The maximum Gasteiger partial charge on any atom is 0.275 e. The van der Waals surface area contributed by atoms with Gasteiger partial charge in [0.1, 0.15) is 6.54 Å². The number of carbonyl (C=O) groups is 1. The molecule has 1 N–H and O–H groups in total. The van der Waals surface area contributed by atoms with E-state index in [4.69, 9.17) is 4.42 Å². The number of carbonyl (C=O) groups excluding carboxylic acids is 1. The fourth-order valence-corrected chi connectivity index (χ4v) is 2.91. The van der Waals surface area contributed by atoms with Gasteiger partial charge in [-0.15, -0.1) is 10.2 Å². The molecule has 1 aromatic carbocycles. The van der Waals surface area contributed by atoms with Crippen LogP contribution in [-0.4, -0.2) is 32.9 Å². The summed E-state index contributed by atoms with van der Waals surface area (Å²) in [7, 11) is 1.52. The third-order valence-corrected chi connectivity index (χ3v) is 4.53. The standard InChI is InChI=1S/C17H17N5O3/c1-18-15(23)14-11-7-2-3-8-12(11)17(24)22(21-14)9-13-19-20-16(25-13)10-5-4-6-10/h2-3,7-8,10H,4-6,9H2,1H3,(H,18,23). The van der Waals surface area contributed by atoms with Crippen molar-refractivity contribution in [2.75, 3.05) is 7.05 Å². The molecule has 0 spiro atoms. The molecule has 4 rings (SSSR count). The SMILES string of the molecule is CNC(=O)c1nn(Cc2nnc(C3CCC3)o2)c(=O)c2ccccc12. The van der Waals surface area contributed by atoms with Crippen LogP contribution in [0, 0.1) is 0 Å². The van der Waals surface area contributed by atoms with Gasteiger partial charge in [0.15, 0.2) is 5.69 Å². The Morgan fingerprint density at radius 2 is 2.04 bits per heavy atom. The van der Waals surface area contributed by atoms with Crippen molar-refractivity contribution in [1.82, 2.24) is 25.3 Å². The molecule has 128 valence electrons. The van der Waals surface area contributed by atoms with E-state index in [1.807, 2.05) is 0 Å². The van der Waals surface area contributed by atoms with E-state index < -0.39 is 0 Å². The van der Waals surface area contributed by atoms with Gasteiger partial charge in [-0.05, 0) is 18.9 Å². The summed E-state index contributed by atoms with van der Waals surface area (Å²) < 4.78 is 6.86. The topological polar surface area (TPSA) is 103 Å². The molecule has 0 saturated heterocycles. The quantitative estimate of drug-likeness (QED) is 0.772. The van der Waals surface area contributed by atoms with E-state index >= 15 is 0 Å². The van der Waals surface area contributed by atoms with Gasteiger partial charge in [0, 0.05) is 18.4 Å². The summed E-state index contributed by atoms with van der Waals surface area (Å²) in [6, 6.07) is 6.90. The molecule has 1 amide bonds. The molecule has 8 heteroatoms. The van der Waals surface area contributed by atoms with Gasteiger partial charge in [-0.1, -0.05) is 24.6 Å². The molecular weight excluding hydrogens is 322 g/mol. The van der Waals surface area contributed by atoms with Crippen LogP contribution in [0.1, 0.15) is 47.5 Å². The number of rotatable bonds is 4. The number of amides is 1. The van der Waals surface area contributed by atoms with Crippen molar-refractivity contribution in [1.29, 1.82) is 0 Å². The average molecular weight is 339 g/mol. The lowest BCUT2D eigenvalue weighted by molar-refractivity contribution is 0.0957. The smallest absolute Gasteiger partial charge is 0.275 e. The van der Waals surface area contributed by atoms with E-state index in [2.05, 4.69) is 20.6 Å². The van der Waals surface area contributed by atoms with Crippen LogP contribution < -0.4 is 10.9 Å². The second-order valence-corrected chi connectivity index (χ2v) is 6.10. The molecular formula is C17H17N5O3. The lowest BCUT2D eigenvalue weighted by atomic mass is 9.85. The van der Waals surface area contributed by atoms with Gasteiger partial charge in [-0.3, -0.25) is 9.59 Å². The zero-order chi connectivity index (χ0) is 17.4. The molecule has 3 aromatic rings. The van der Waals surface area contributed by atoms with Crippen molar-refractivity contribution in [3.05, 3.63) is 52.1 Å². The first-order chi connectivity index (χ1) is 12.2. The zero-order valence-electron chi connectivity index (χ0n) is 13.7. The Labute approximate surface area is 142 Å². The Bertz CT molecular complexity index is 1000. The molecule has 1 fully saturated rings. The first-order valence-corrected chi connectivity index (χ1v) is 8.21. The molecule has 1 aliphatic rings. The molecule has 25 heavy (non-hydrogen) atoms. The second-order valence-electron chi connectivity index (χ2n) is 6.10. The number of benzene rings is 1. The highest BCUT2D eigenvalue weighted by molar-refractivity contribution is 6.04. The minimum absolute atomic E-state index is 0.0351. The van der Waals surface area contributed by atoms with Gasteiger partial charge in [-0.25, -0.2) is 4.68 Å². The van der Waals surface area contributed by atoms with Crippen molar-refractivity contribution in [3.8, 4) is 0 Å². The molecule has 0 radical (unpaired) electrons. The summed E-state index contributed by atoms with van der Waals surface area (Å²) in [6.07, 6.45) is 3.27. The summed E-state index contributed by atoms with van der Waals surface area (Å²) in [5.41, 5.74) is -0.108. The van der Waals surface area contributed by atoms with Gasteiger partial charge in [0.25, 0.3) is 11.5 Å². The first-order valence-electron chi connectivity index (χ1n) is 8.21. The number of hydrogen-bond acceptors (Lipinski definition) is 6. The first kappa shape index (κ1) is 15.5. The number of hydrogen-bond donors (Lipinski definition) is 1. The summed E-state index contributed by atoms with van der Waals surface area (Å²) in [6.45, 7) is 0.0351. The van der Waals surface area contributed by atoms with Crippen molar-refractivity contribution in [2.24, 2.45) is 0 Å². The monoisotopic (exact) mass is 339 g/mol. The Hall–Kier alpha value is -3.03. The van der Waals surface area contributed by atoms with E-state index in [-0.39, 0.29) is 23.7 Å². The molecule has 0 aliphatic heterocycles. The van der Waals surface area contributed by atoms with Crippen LogP contribution in [0.4, 0.5) is 0 Å². The van der Waals surface area contributed by atoms with Crippen LogP contribution in [0.5, 0.6) is 0 Å². The number of nitrogens with one attached hydrogen (secondary N) is 1. The molecule has 8 nitrogen and oxygen atoms in total. The minimum Gasteiger partial charge on any atom is -0.423 e. The van der Waals surface area contributed by atoms with E-state index in [1.54, 1.807) is 24.3 Å². The number of nitrogens with zero attached hydrogens (tertiary/aromatic N) is 4. The van der Waals surface area contributed by atoms with Crippen molar-refractivity contribution in [3.63, 3.8) is 0 Å². The molecule has 1 saturated carbocycles. The van der Waals surface area contributed by atoms with E-state index in [9.17, 15) is 9.59 Å². The molecule has 2 heterocycles. The van der Waals surface area contributed by atoms with Crippen LogP contribution in [0.15, 0.2) is 33.5 Å². The largest absolute Gasteiger partial charge is 0.423 e. The second kappa shape index (κ2) is 6.12. The average Bonchev–Trinajstić information content (AvgIpc) is 3.03. The highest BCUT2D eigenvalue weighted by Crippen LogP contribution is 2.35. The van der Waals surface area contributed by atoms with Gasteiger partial charge >= 0.3 is 0 Å². The van der Waals surface area contributed by atoms with Crippen LogP contribution in [0.25, 0.3) is 10.8 Å². The third kappa shape index (κ3) is 2.69. The van der Waals surface area contributed by atoms with E-state index in [0.717, 1.165) is 12.8 Å². The highest BCUT2D eigenvalue weighted by Gasteiger charge is 2.25. The van der Waals surface area contributed by atoms with Gasteiger partial charge < -0.3 is 9.73 Å². The zero-order valence-corrected chi connectivity index (χ0v) is 13.7. The highest BCUT2D eigenvalue weighted by atomic mass is 16.4. The van der Waals surface area contributed by atoms with E-state index in [1.165, 1.54) is 18.2 Å². The fraction of sp³-hybridized carbons (Fsp3) is 0.353. The van der Waals surface area contributed by atoms with E-state index in [0.29, 0.717) is 28.5 Å². The number of fused-ring (bicyclic) bond motifs is 1. The van der Waals surface area contributed by atoms with Crippen molar-refractivity contribution >= 4 is 16.7 Å². The Balaban J connectivity index is 1.76. The molecule has 1 aliphatic carbocycles. The third-order valence-electron chi connectivity index (χ3n) is 4.53. The Kier molecular flexibility index (Phi) is 3.79. The van der Waals surface area contributed by atoms with Crippen molar-refractivity contribution < 1.29 is 9.21 Å². The summed E-state index contributed by atoms with van der Waals surface area (Å²) in [4.78, 5) is 24.8. The molecule has 0 bridgehead atoms. The maximum absolute atomic E-state index is 12.7. The predicted octanol–water partition coefficient (Wildman–Crippen LogP) is 1.45. The predicted molar refractivity (Wildman–Crippen MR) is 89.4 cm³/mol. The normalized spacial score (nSPS) is 14.4. The van der Waals surface area contributed by atoms with Crippen molar-refractivity contribution in [2.45, 2.75) is 31.7 Å². The molecule has 2 aromatic heterocycles. The van der Waals surface area contributed by atoms with Crippen LogP contribution >= 0.6 is 0 Å². The Morgan fingerprint density at radius 3 is 2.72 bits per heavy atom. The van der Waals surface area contributed by atoms with Gasteiger partial charge in [-0.2, -0.15) is 5.10 Å². The van der Waals surface area contributed by atoms with Crippen LogP contribution in [0.3, 0.4) is 0 Å². The van der Waals surface area contributed by atoms with Crippen LogP contribution in [-0.2, 0) is 6.54 Å². The lowest BCUT2D eigenvalue weighted by Gasteiger charge is -2.20. The minimum atomic E-state index is -0.356. The molecule has 0 atom stereocenters.